The zero-order chi connectivity index (χ0) is 21.4. The summed E-state index contributed by atoms with van der Waals surface area (Å²) < 4.78 is 34.9. The standard InChI is InChI=1S/C25H28O6/c1-15(2)8-9-27-20-6-4-16(10-22(20)26-3)24-18-12-29-25(19(18)13-28-24)17-5-7-21-23(11-17)31-14-30-21/h4-8,10-11,18-19,24-25H,9,12-14H2,1-3H3/t18?,19?,24-,25?/m1/s1. The van der Waals surface area contributed by atoms with E-state index >= 15 is 0 Å². The molecule has 0 radical (unpaired) electrons. The molecule has 3 aliphatic heterocycles. The first-order valence-electron chi connectivity index (χ1n) is 10.7. The van der Waals surface area contributed by atoms with Crippen LogP contribution in [0.1, 0.15) is 37.2 Å². The lowest BCUT2D eigenvalue weighted by Crippen LogP contribution is -2.14. The summed E-state index contributed by atoms with van der Waals surface area (Å²) in [7, 11) is 1.67. The van der Waals surface area contributed by atoms with Gasteiger partial charge in [-0.25, -0.2) is 0 Å². The van der Waals surface area contributed by atoms with Crippen LogP contribution in [-0.2, 0) is 9.47 Å². The molecule has 2 fully saturated rings. The number of fused-ring (bicyclic) bond motifs is 2. The predicted octanol–water partition coefficient (Wildman–Crippen LogP) is 4.84. The van der Waals surface area contributed by atoms with E-state index in [1.54, 1.807) is 7.11 Å². The third-order valence-corrected chi connectivity index (χ3v) is 6.24. The summed E-state index contributed by atoms with van der Waals surface area (Å²) in [5.41, 5.74) is 3.43. The number of benzene rings is 2. The number of hydrogen-bond donors (Lipinski definition) is 0. The molecule has 2 aromatic rings. The third kappa shape index (κ3) is 3.86. The summed E-state index contributed by atoms with van der Waals surface area (Å²) in [6.07, 6.45) is 2.02. The average Bonchev–Trinajstić information content (AvgIpc) is 3.49. The van der Waals surface area contributed by atoms with Crippen LogP contribution in [0.3, 0.4) is 0 Å². The Hall–Kier alpha value is -2.70. The highest BCUT2D eigenvalue weighted by molar-refractivity contribution is 5.46. The van der Waals surface area contributed by atoms with Gasteiger partial charge in [0.2, 0.25) is 6.79 Å². The second-order valence-electron chi connectivity index (χ2n) is 8.45. The number of methoxy groups -OCH3 is 1. The Balaban J connectivity index is 1.32. The van der Waals surface area contributed by atoms with Crippen molar-refractivity contribution in [1.82, 2.24) is 0 Å². The molecule has 2 saturated heterocycles. The van der Waals surface area contributed by atoms with Crippen LogP contribution in [-0.4, -0.2) is 33.7 Å². The van der Waals surface area contributed by atoms with E-state index in [4.69, 9.17) is 28.4 Å². The van der Waals surface area contributed by atoms with Crippen LogP contribution < -0.4 is 18.9 Å². The highest BCUT2D eigenvalue weighted by Gasteiger charge is 2.48. The zero-order valence-electron chi connectivity index (χ0n) is 18.1. The zero-order valence-corrected chi connectivity index (χ0v) is 18.1. The summed E-state index contributed by atoms with van der Waals surface area (Å²) in [5, 5.41) is 0. The minimum atomic E-state index is -0.0234. The fourth-order valence-electron chi connectivity index (χ4n) is 4.60. The van der Waals surface area contributed by atoms with E-state index in [9.17, 15) is 0 Å². The predicted molar refractivity (Wildman–Crippen MR) is 115 cm³/mol. The lowest BCUT2D eigenvalue weighted by molar-refractivity contribution is 0.0191. The second kappa shape index (κ2) is 8.44. The van der Waals surface area contributed by atoms with Crippen molar-refractivity contribution in [3.63, 3.8) is 0 Å². The first-order valence-corrected chi connectivity index (χ1v) is 10.7. The third-order valence-electron chi connectivity index (χ3n) is 6.24. The Morgan fingerprint density at radius 1 is 0.903 bits per heavy atom. The lowest BCUT2D eigenvalue weighted by atomic mass is 9.85. The molecule has 3 aliphatic rings. The summed E-state index contributed by atoms with van der Waals surface area (Å²) in [4.78, 5) is 0. The molecule has 3 unspecified atom stereocenters. The van der Waals surface area contributed by atoms with Crippen molar-refractivity contribution < 1.29 is 28.4 Å². The maximum Gasteiger partial charge on any atom is 0.231 e. The van der Waals surface area contributed by atoms with Gasteiger partial charge in [-0.15, -0.1) is 0 Å². The summed E-state index contributed by atoms with van der Waals surface area (Å²) in [5.74, 6) is 3.62. The van der Waals surface area contributed by atoms with Gasteiger partial charge in [-0.3, -0.25) is 0 Å². The largest absolute Gasteiger partial charge is 0.493 e. The molecule has 6 heteroatoms. The van der Waals surface area contributed by atoms with E-state index in [2.05, 4.69) is 26.0 Å². The number of rotatable bonds is 6. The molecule has 0 spiro atoms. The maximum atomic E-state index is 6.26. The Bertz CT molecular complexity index is 980. The van der Waals surface area contributed by atoms with Crippen LogP contribution in [0.25, 0.3) is 0 Å². The number of ether oxygens (including phenoxy) is 6. The van der Waals surface area contributed by atoms with Gasteiger partial charge in [0, 0.05) is 11.8 Å². The Morgan fingerprint density at radius 3 is 2.29 bits per heavy atom. The number of allylic oxidation sites excluding steroid dienone is 1. The van der Waals surface area contributed by atoms with Gasteiger partial charge in [0.15, 0.2) is 23.0 Å². The molecule has 0 N–H and O–H groups in total. The van der Waals surface area contributed by atoms with Crippen molar-refractivity contribution in [3.05, 3.63) is 59.2 Å². The quantitative estimate of drug-likeness (QED) is 0.619. The second-order valence-corrected chi connectivity index (χ2v) is 8.45. The van der Waals surface area contributed by atoms with Crippen molar-refractivity contribution in [2.24, 2.45) is 11.8 Å². The molecule has 3 heterocycles. The Morgan fingerprint density at radius 2 is 1.58 bits per heavy atom. The van der Waals surface area contributed by atoms with E-state index in [1.807, 2.05) is 30.3 Å². The van der Waals surface area contributed by atoms with Gasteiger partial charge in [-0.05, 0) is 55.3 Å². The minimum absolute atomic E-state index is 0.00178. The molecular weight excluding hydrogens is 396 g/mol. The van der Waals surface area contributed by atoms with E-state index in [1.165, 1.54) is 5.57 Å². The van der Waals surface area contributed by atoms with Crippen molar-refractivity contribution in [1.29, 1.82) is 0 Å². The van der Waals surface area contributed by atoms with Crippen LogP contribution in [0.4, 0.5) is 0 Å². The molecular formula is C25H28O6. The van der Waals surface area contributed by atoms with E-state index in [0.29, 0.717) is 25.7 Å². The van der Waals surface area contributed by atoms with Crippen molar-refractivity contribution in [2.45, 2.75) is 26.1 Å². The summed E-state index contributed by atoms with van der Waals surface area (Å²) in [6, 6.07) is 12.1. The molecule has 164 valence electrons. The van der Waals surface area contributed by atoms with E-state index < -0.39 is 0 Å². The maximum absolute atomic E-state index is 6.26. The van der Waals surface area contributed by atoms with Crippen molar-refractivity contribution in [2.75, 3.05) is 33.7 Å². The monoisotopic (exact) mass is 424 g/mol. The fraction of sp³-hybridized carbons (Fsp3) is 0.440. The normalized spacial score (nSPS) is 25.9. The van der Waals surface area contributed by atoms with Gasteiger partial charge in [-0.2, -0.15) is 0 Å². The first kappa shape index (κ1) is 20.2. The van der Waals surface area contributed by atoms with Crippen LogP contribution in [0.5, 0.6) is 23.0 Å². The molecule has 6 nitrogen and oxygen atoms in total. The molecule has 2 aromatic carbocycles. The molecule has 4 atom stereocenters. The molecule has 0 bridgehead atoms. The van der Waals surface area contributed by atoms with Gasteiger partial charge in [0.25, 0.3) is 0 Å². The van der Waals surface area contributed by atoms with Gasteiger partial charge in [0.1, 0.15) is 6.61 Å². The lowest BCUT2D eigenvalue weighted by Gasteiger charge is -2.18. The molecule has 0 aliphatic carbocycles. The smallest absolute Gasteiger partial charge is 0.231 e. The van der Waals surface area contributed by atoms with Crippen LogP contribution in [0.15, 0.2) is 48.0 Å². The van der Waals surface area contributed by atoms with Gasteiger partial charge >= 0.3 is 0 Å². The highest BCUT2D eigenvalue weighted by atomic mass is 16.7. The average molecular weight is 424 g/mol. The summed E-state index contributed by atoms with van der Waals surface area (Å²) in [6.45, 7) is 6.23. The van der Waals surface area contributed by atoms with Crippen molar-refractivity contribution in [3.8, 4) is 23.0 Å². The minimum Gasteiger partial charge on any atom is -0.493 e. The molecule has 0 saturated carbocycles. The Labute approximate surface area is 182 Å². The van der Waals surface area contributed by atoms with Gasteiger partial charge in [-0.1, -0.05) is 17.7 Å². The SMILES string of the molecule is COc1cc([C@H]2OCC3C(c4ccc5c(c4)OCO5)OCC32)ccc1OCC=C(C)C. The number of hydrogen-bond acceptors (Lipinski definition) is 6. The highest BCUT2D eigenvalue weighted by Crippen LogP contribution is 2.51. The van der Waals surface area contributed by atoms with Gasteiger partial charge < -0.3 is 28.4 Å². The van der Waals surface area contributed by atoms with Gasteiger partial charge in [0.05, 0.1) is 32.5 Å². The first-order chi connectivity index (χ1) is 15.1. The summed E-state index contributed by atoms with van der Waals surface area (Å²) >= 11 is 0. The van der Waals surface area contributed by atoms with E-state index in [0.717, 1.165) is 34.1 Å². The fourth-order valence-corrected chi connectivity index (χ4v) is 4.60. The van der Waals surface area contributed by atoms with E-state index in [-0.39, 0.29) is 24.9 Å². The molecule has 0 aromatic heterocycles. The Kier molecular flexibility index (Phi) is 5.50. The molecule has 5 rings (SSSR count). The molecule has 0 amide bonds. The molecule has 31 heavy (non-hydrogen) atoms. The van der Waals surface area contributed by atoms with Crippen LogP contribution in [0, 0.1) is 11.8 Å². The van der Waals surface area contributed by atoms with Crippen LogP contribution >= 0.6 is 0 Å². The van der Waals surface area contributed by atoms with Crippen LogP contribution in [0.2, 0.25) is 0 Å². The topological polar surface area (TPSA) is 55.4 Å². The van der Waals surface area contributed by atoms with Crippen molar-refractivity contribution >= 4 is 0 Å².